The van der Waals surface area contributed by atoms with Crippen molar-refractivity contribution in [3.63, 3.8) is 0 Å². The maximum absolute atomic E-state index is 7.49. The summed E-state index contributed by atoms with van der Waals surface area (Å²) < 4.78 is 9.69. The van der Waals surface area contributed by atoms with Gasteiger partial charge in [-0.3, -0.25) is 0 Å². The van der Waals surface area contributed by atoms with E-state index in [-0.39, 0.29) is 0 Å². The molecule has 0 aliphatic carbocycles. The van der Waals surface area contributed by atoms with E-state index in [0.717, 1.165) is 23.4 Å². The van der Waals surface area contributed by atoms with E-state index in [2.05, 4.69) is 115 Å². The summed E-state index contributed by atoms with van der Waals surface area (Å²) in [5, 5.41) is 1.93. The first kappa shape index (κ1) is 21.2. The van der Waals surface area contributed by atoms with Crippen molar-refractivity contribution in [3.8, 4) is 0 Å². The van der Waals surface area contributed by atoms with E-state index in [4.69, 9.17) is 16.3 Å². The summed E-state index contributed by atoms with van der Waals surface area (Å²) in [5.74, 6) is 0. The van der Waals surface area contributed by atoms with Crippen molar-refractivity contribution in [1.82, 2.24) is 4.57 Å². The molecular formula is C31H26ClNO. The first-order chi connectivity index (χ1) is 16.6. The van der Waals surface area contributed by atoms with Crippen LogP contribution >= 0.6 is 11.6 Å². The van der Waals surface area contributed by atoms with Crippen molar-refractivity contribution in [3.05, 3.63) is 143 Å². The highest BCUT2D eigenvalue weighted by atomic mass is 35.5. The van der Waals surface area contributed by atoms with Gasteiger partial charge in [0.2, 0.25) is 0 Å². The molecule has 1 aromatic heterocycles. The van der Waals surface area contributed by atoms with Gasteiger partial charge in [-0.25, -0.2) is 0 Å². The molecule has 2 nitrogen and oxygen atoms in total. The van der Waals surface area contributed by atoms with Crippen LogP contribution in [0.1, 0.15) is 35.1 Å². The first-order valence-corrected chi connectivity index (χ1v) is 12.1. The molecule has 0 saturated carbocycles. The predicted molar refractivity (Wildman–Crippen MR) is 139 cm³/mol. The Morgan fingerprint density at radius 2 is 1.26 bits per heavy atom. The Balaban J connectivity index is 1.64. The Morgan fingerprint density at radius 1 is 0.676 bits per heavy atom. The molecule has 168 valence electrons. The Kier molecular flexibility index (Phi) is 5.09. The fourth-order valence-electron chi connectivity index (χ4n) is 5.69. The molecule has 3 heteroatoms. The number of rotatable bonds is 4. The Hall–Kier alpha value is -3.33. The number of nitrogens with zero attached hydrogens (tertiary/aromatic N) is 1. The summed E-state index contributed by atoms with van der Waals surface area (Å²) in [6, 6.07) is 38.0. The van der Waals surface area contributed by atoms with Crippen molar-refractivity contribution in [2.75, 3.05) is 0 Å². The van der Waals surface area contributed by atoms with Gasteiger partial charge in [0, 0.05) is 34.7 Å². The number of hydrogen-bond donors (Lipinski definition) is 0. The van der Waals surface area contributed by atoms with Gasteiger partial charge in [-0.1, -0.05) is 103 Å². The van der Waals surface area contributed by atoms with Crippen molar-refractivity contribution in [2.24, 2.45) is 7.05 Å². The number of para-hydroxylation sites is 1. The van der Waals surface area contributed by atoms with Crippen LogP contribution in [0.25, 0.3) is 10.9 Å². The fourth-order valence-corrected chi connectivity index (χ4v) is 5.88. The minimum absolute atomic E-state index is 0.568. The minimum atomic E-state index is -0.641. The van der Waals surface area contributed by atoms with E-state index >= 15 is 0 Å². The van der Waals surface area contributed by atoms with E-state index < -0.39 is 11.2 Å². The molecule has 1 aliphatic heterocycles. The molecule has 34 heavy (non-hydrogen) atoms. The van der Waals surface area contributed by atoms with E-state index in [1.807, 2.05) is 12.1 Å². The van der Waals surface area contributed by atoms with E-state index in [1.54, 1.807) is 0 Å². The van der Waals surface area contributed by atoms with Crippen LogP contribution in [-0.4, -0.2) is 4.57 Å². The molecule has 0 N–H and O–H groups in total. The standard InChI is InChI=1S/C31H26ClNO/c1-33-22-28(27-17-8-9-18-29(27)33)31(25-15-10-16-26(32)21-25)20-19-30(34-31,23-11-4-2-5-12-23)24-13-6-3-7-14-24/h2-18,21-22H,19-20H2,1H3. The summed E-state index contributed by atoms with van der Waals surface area (Å²) in [6.45, 7) is 0. The third-order valence-corrected chi connectivity index (χ3v) is 7.52. The van der Waals surface area contributed by atoms with E-state index in [0.29, 0.717) is 0 Å². The van der Waals surface area contributed by atoms with Gasteiger partial charge < -0.3 is 9.30 Å². The molecule has 1 saturated heterocycles. The van der Waals surface area contributed by atoms with Crippen LogP contribution in [0.5, 0.6) is 0 Å². The highest BCUT2D eigenvalue weighted by Gasteiger charge is 2.53. The Labute approximate surface area is 205 Å². The van der Waals surface area contributed by atoms with Crippen molar-refractivity contribution in [1.29, 1.82) is 0 Å². The number of benzene rings is 4. The summed E-state index contributed by atoms with van der Waals surface area (Å²) in [4.78, 5) is 0. The van der Waals surface area contributed by atoms with Crippen LogP contribution in [0.2, 0.25) is 5.02 Å². The highest BCUT2D eigenvalue weighted by Crippen LogP contribution is 2.57. The molecule has 0 amide bonds. The zero-order valence-electron chi connectivity index (χ0n) is 19.1. The lowest BCUT2D eigenvalue weighted by atomic mass is 9.81. The molecule has 2 heterocycles. The molecular weight excluding hydrogens is 438 g/mol. The van der Waals surface area contributed by atoms with Crippen LogP contribution < -0.4 is 0 Å². The van der Waals surface area contributed by atoms with Gasteiger partial charge in [-0.2, -0.15) is 0 Å². The second kappa shape index (κ2) is 8.16. The van der Waals surface area contributed by atoms with Gasteiger partial charge in [0.25, 0.3) is 0 Å². The number of halogens is 1. The smallest absolute Gasteiger partial charge is 0.122 e. The van der Waals surface area contributed by atoms with Crippen LogP contribution in [0.3, 0.4) is 0 Å². The summed E-state index contributed by atoms with van der Waals surface area (Å²) >= 11 is 6.54. The van der Waals surface area contributed by atoms with Gasteiger partial charge in [0.1, 0.15) is 11.2 Å². The van der Waals surface area contributed by atoms with Gasteiger partial charge in [-0.15, -0.1) is 0 Å². The zero-order chi connectivity index (χ0) is 23.2. The van der Waals surface area contributed by atoms with Crippen LogP contribution in [-0.2, 0) is 23.0 Å². The number of aryl methyl sites for hydroxylation is 1. The molecule has 0 spiro atoms. The van der Waals surface area contributed by atoms with Crippen LogP contribution in [0.15, 0.2) is 115 Å². The van der Waals surface area contributed by atoms with Crippen molar-refractivity contribution >= 4 is 22.5 Å². The summed E-state index contributed by atoms with van der Waals surface area (Å²) in [5.41, 5.74) is 4.60. The first-order valence-electron chi connectivity index (χ1n) is 11.7. The molecule has 4 aromatic carbocycles. The second-order valence-corrected chi connectivity index (χ2v) is 9.61. The SMILES string of the molecule is Cn1cc(C2(c3cccc(Cl)c3)CCC(c3ccccc3)(c3ccccc3)O2)c2ccccc21. The third-order valence-electron chi connectivity index (χ3n) is 7.28. The Morgan fingerprint density at radius 3 is 1.94 bits per heavy atom. The number of aromatic nitrogens is 1. The lowest BCUT2D eigenvalue weighted by Gasteiger charge is -2.37. The zero-order valence-corrected chi connectivity index (χ0v) is 19.9. The largest absolute Gasteiger partial charge is 0.350 e. The topological polar surface area (TPSA) is 14.2 Å². The predicted octanol–water partition coefficient (Wildman–Crippen LogP) is 7.83. The minimum Gasteiger partial charge on any atom is -0.350 e. The van der Waals surface area contributed by atoms with Gasteiger partial charge in [0.05, 0.1) is 0 Å². The average molecular weight is 464 g/mol. The lowest BCUT2D eigenvalue weighted by Crippen LogP contribution is -2.34. The number of fused-ring (bicyclic) bond motifs is 1. The third kappa shape index (κ3) is 3.21. The lowest BCUT2D eigenvalue weighted by molar-refractivity contribution is -0.0674. The fraction of sp³-hybridized carbons (Fsp3) is 0.161. The molecule has 1 fully saturated rings. The highest BCUT2D eigenvalue weighted by molar-refractivity contribution is 6.30. The number of ether oxygens (including phenoxy) is 1. The van der Waals surface area contributed by atoms with Crippen LogP contribution in [0.4, 0.5) is 0 Å². The monoisotopic (exact) mass is 463 g/mol. The maximum atomic E-state index is 7.49. The summed E-state index contributed by atoms with van der Waals surface area (Å²) in [7, 11) is 2.11. The van der Waals surface area contributed by atoms with Gasteiger partial charge >= 0.3 is 0 Å². The van der Waals surface area contributed by atoms with Gasteiger partial charge in [-0.05, 0) is 47.7 Å². The normalized spacial score (nSPS) is 19.5. The Bertz CT molecular complexity index is 1420. The molecule has 0 bridgehead atoms. The molecule has 1 atom stereocenters. The van der Waals surface area contributed by atoms with Crippen LogP contribution in [0, 0.1) is 0 Å². The van der Waals surface area contributed by atoms with E-state index in [1.165, 1.54) is 27.6 Å². The quantitative estimate of drug-likeness (QED) is 0.265. The maximum Gasteiger partial charge on any atom is 0.122 e. The average Bonchev–Trinajstić information content (AvgIpc) is 3.46. The molecule has 1 aliphatic rings. The summed E-state index contributed by atoms with van der Waals surface area (Å²) in [6.07, 6.45) is 3.93. The van der Waals surface area contributed by atoms with Crippen molar-refractivity contribution in [2.45, 2.75) is 24.0 Å². The molecule has 0 radical (unpaired) electrons. The second-order valence-electron chi connectivity index (χ2n) is 9.17. The number of hydrogen-bond acceptors (Lipinski definition) is 1. The van der Waals surface area contributed by atoms with Gasteiger partial charge in [0.15, 0.2) is 0 Å². The van der Waals surface area contributed by atoms with Crippen molar-refractivity contribution < 1.29 is 4.74 Å². The molecule has 1 unspecified atom stereocenters. The molecule has 5 aromatic rings. The van der Waals surface area contributed by atoms with E-state index in [9.17, 15) is 0 Å². The molecule has 6 rings (SSSR count).